The van der Waals surface area contributed by atoms with Crippen LogP contribution in [-0.4, -0.2) is 164 Å². The normalized spacial score (nSPS) is 11.6. The van der Waals surface area contributed by atoms with Gasteiger partial charge in [0.25, 0.3) is 0 Å². The minimum Gasteiger partial charge on any atom is -0.335 e. The molecule has 0 aliphatic carbocycles. The van der Waals surface area contributed by atoms with Crippen molar-refractivity contribution in [2.75, 3.05) is 21.3 Å². The molecule has 0 saturated carbocycles. The van der Waals surface area contributed by atoms with Crippen LogP contribution in [0.25, 0.3) is 221 Å². The van der Waals surface area contributed by atoms with E-state index in [-0.39, 0.29) is 56.0 Å². The highest BCUT2D eigenvalue weighted by Gasteiger charge is 2.27. The Hall–Kier alpha value is -18.0. The van der Waals surface area contributed by atoms with Gasteiger partial charge >= 0.3 is 0 Å². The van der Waals surface area contributed by atoms with Crippen LogP contribution in [0.15, 0.2) is 221 Å². The van der Waals surface area contributed by atoms with Crippen molar-refractivity contribution in [2.24, 2.45) is 17.3 Å². The molecule has 0 spiro atoms. The lowest BCUT2D eigenvalue weighted by molar-refractivity contribution is -0.123. The van der Waals surface area contributed by atoms with Gasteiger partial charge in [-0.05, 0) is 103 Å². The number of nitrogens with zero attached hydrogens (tertiary/aromatic N) is 20. The van der Waals surface area contributed by atoms with Gasteiger partial charge in [0.15, 0.2) is 66.4 Å². The number of hydrogen-bond donors (Lipinski definition) is 12. The second-order valence-corrected chi connectivity index (χ2v) is 39.2. The van der Waals surface area contributed by atoms with Gasteiger partial charge in [0.1, 0.15) is 44.8 Å². The van der Waals surface area contributed by atoms with E-state index < -0.39 is 5.41 Å². The van der Waals surface area contributed by atoms with Crippen molar-refractivity contribution in [1.29, 1.82) is 0 Å². The standard InChI is InChI=1S/2C26H21FN8OS.C25H19FN8OS.C24H17FN8OS/c1-26(2,3)25(36)31-15-6-13(8-28-10-15)14-7-16-22(34-35-23(16)30-9-14)24-32-18-12-29-11-17(21(18)33-24)19-4-5-20(27)37-19;1-13(2)5-22(36)31-16-6-14(8-28-10-16)15-7-17-24(34-35-25(17)30-9-15)26-32-19-12-29-11-18(23(19)33-26)20-3-4-21(27)37-20;1-12(2)25(35)30-15-5-13(7-27-9-15)14-6-16-22(33-34-23(16)29-8-14)24-31-18-11-28-10-17(21(18)32-24)19-3-4-20(26)36-19;1-2-20(34)29-14-5-12(7-26-9-14)13-6-15-22(32-33-23(15)28-8-13)24-30-17-11-27-10-16(21(17)31-24)18-3-4-19(25)35-18/h4-12H,1-3H3,(H,31,36)(H,32,33)(H,30,34,35);3-4,6-13H,5H2,1-2H3,(H,31,36)(H,32,33)(H,30,34,35);3-12H,1-2H3,(H,30,35)(H,31,32)(H,29,33,34);3-11H,2H2,1H3,(H,29,34)(H,30,31)(H,28,32,33). The van der Waals surface area contributed by atoms with E-state index in [1.807, 2.05) is 97.0 Å². The number of hydrogen-bond acceptors (Lipinski definition) is 28. The first-order valence-electron chi connectivity index (χ1n) is 45.0. The molecule has 145 heavy (non-hydrogen) atoms. The Morgan fingerprint density at radius 1 is 0.331 bits per heavy atom. The summed E-state index contributed by atoms with van der Waals surface area (Å²) in [5.41, 5.74) is 21.8. The second kappa shape index (κ2) is 39.2. The van der Waals surface area contributed by atoms with Crippen LogP contribution in [0.2, 0.25) is 0 Å². The second-order valence-electron chi connectivity index (χ2n) is 35.1. The van der Waals surface area contributed by atoms with Crippen LogP contribution >= 0.6 is 45.3 Å². The number of imidazole rings is 4. The molecule has 0 unspecified atom stereocenters. The predicted octanol–water partition coefficient (Wildman–Crippen LogP) is 22.2. The average molecular weight is 2010 g/mol. The highest BCUT2D eigenvalue weighted by atomic mass is 32.1. The molecule has 0 fully saturated rings. The van der Waals surface area contributed by atoms with Gasteiger partial charge in [-0.2, -0.15) is 38.0 Å². The van der Waals surface area contributed by atoms with Gasteiger partial charge in [-0.3, -0.25) is 79.4 Å². The number of aromatic amines is 8. The zero-order valence-electron chi connectivity index (χ0n) is 77.6. The summed E-state index contributed by atoms with van der Waals surface area (Å²) in [7, 11) is 0. The summed E-state index contributed by atoms with van der Waals surface area (Å²) in [4.78, 5) is 136. The fourth-order valence-corrected chi connectivity index (χ4v) is 18.8. The zero-order chi connectivity index (χ0) is 100. The van der Waals surface area contributed by atoms with E-state index in [2.05, 4.69) is 142 Å². The van der Waals surface area contributed by atoms with Gasteiger partial charge in [-0.25, -0.2) is 39.9 Å². The lowest BCUT2D eigenvalue weighted by Crippen LogP contribution is -2.27. The van der Waals surface area contributed by atoms with Gasteiger partial charge in [-0.1, -0.05) is 55.4 Å². The number of thiophene rings is 4. The molecule has 0 aliphatic heterocycles. The molecule has 24 heterocycles. The average Bonchev–Trinajstić information content (AvgIpc) is 1.62. The fraction of sp³-hybridized carbons (Fsp3) is 0.129. The number of aromatic nitrogens is 28. The van der Waals surface area contributed by atoms with E-state index in [0.29, 0.717) is 126 Å². The van der Waals surface area contributed by atoms with Crippen molar-refractivity contribution in [1.82, 2.24) is 140 Å². The number of halogens is 4. The van der Waals surface area contributed by atoms with E-state index in [4.69, 9.17) is 19.9 Å². The van der Waals surface area contributed by atoms with E-state index in [9.17, 15) is 36.7 Å². The first kappa shape index (κ1) is 93.3. The Balaban J connectivity index is 0.000000114. The number of rotatable bonds is 20. The highest BCUT2D eigenvalue weighted by Crippen LogP contribution is 2.42. The summed E-state index contributed by atoms with van der Waals surface area (Å²) in [6, 6.07) is 27.9. The van der Waals surface area contributed by atoms with Crippen LogP contribution in [0.3, 0.4) is 0 Å². The Morgan fingerprint density at radius 2 is 0.600 bits per heavy atom. The van der Waals surface area contributed by atoms with Crippen LogP contribution < -0.4 is 21.3 Å². The van der Waals surface area contributed by atoms with Gasteiger partial charge in [0.05, 0.1) is 116 Å². The molecule has 718 valence electrons. The topological polar surface area (TPSA) is 501 Å². The van der Waals surface area contributed by atoms with Crippen molar-refractivity contribution in [2.45, 2.75) is 68.2 Å². The molecule has 44 heteroatoms. The molecular formula is C101H78F4N32O4S4. The minimum atomic E-state index is -0.526. The molecule has 24 aromatic heterocycles. The highest BCUT2D eigenvalue weighted by molar-refractivity contribution is 7.15. The van der Waals surface area contributed by atoms with Crippen LogP contribution in [0, 0.1) is 37.8 Å². The smallest absolute Gasteiger partial charge is 0.229 e. The van der Waals surface area contributed by atoms with Crippen molar-refractivity contribution in [3.63, 3.8) is 0 Å². The lowest BCUT2D eigenvalue weighted by Gasteiger charge is -2.17. The number of nitrogens with one attached hydrogen (secondary N) is 12. The monoisotopic (exact) mass is 2010 g/mol. The molecule has 0 saturated heterocycles. The van der Waals surface area contributed by atoms with Crippen molar-refractivity contribution >= 4 is 180 Å². The molecule has 0 aromatic carbocycles. The molecule has 24 aromatic rings. The molecule has 4 amide bonds. The summed E-state index contributed by atoms with van der Waals surface area (Å²) in [6.45, 7) is 15.0. The third kappa shape index (κ3) is 19.6. The largest absolute Gasteiger partial charge is 0.335 e. The lowest BCUT2D eigenvalue weighted by atomic mass is 9.95. The summed E-state index contributed by atoms with van der Waals surface area (Å²) >= 11 is 4.19. The number of pyridine rings is 12. The van der Waals surface area contributed by atoms with Crippen molar-refractivity contribution in [3.8, 4) is 132 Å². The first-order chi connectivity index (χ1) is 70.2. The van der Waals surface area contributed by atoms with Gasteiger partial charge in [-0.15, -0.1) is 45.3 Å². The molecule has 0 bridgehead atoms. The molecule has 0 radical (unpaired) electrons. The minimum absolute atomic E-state index is 0.0521. The van der Waals surface area contributed by atoms with E-state index in [0.717, 1.165) is 175 Å². The van der Waals surface area contributed by atoms with E-state index in [1.54, 1.807) is 155 Å². The molecule has 36 nitrogen and oxygen atoms in total. The quantitative estimate of drug-likeness (QED) is 0.0315. The first-order valence-corrected chi connectivity index (χ1v) is 48.3. The summed E-state index contributed by atoms with van der Waals surface area (Å²) < 4.78 is 54.6. The molecule has 0 atom stereocenters. The third-order valence-electron chi connectivity index (χ3n) is 23.0. The SMILES string of the molecule is CC(C)(C)C(=O)Nc1cncc(-c2cnc3n[nH]c(-c4nc5c(-c6ccc(F)s6)cncc5[nH]4)c3c2)c1.CC(C)C(=O)Nc1cncc(-c2cnc3n[nH]c(-c4nc5c(-c6ccc(F)s6)cncc5[nH]4)c3c2)c1.CC(C)CC(=O)Nc1cncc(-c2cnc3n[nH]c(-c4nc5c(-c6ccc(F)s6)cncc5[nH]4)c3c2)c1.CCC(=O)Nc1cncc(-c2cnc3n[nH]c(-c4nc5c(-c6ccc(F)s6)cncc5[nH]4)c3c2)c1. The van der Waals surface area contributed by atoms with E-state index in [1.165, 1.54) is 24.3 Å². The number of fused-ring (bicyclic) bond motifs is 8. The molecular weight excluding hydrogens is 1930 g/mol. The number of H-pyrrole nitrogens is 8. The zero-order valence-corrected chi connectivity index (χ0v) is 80.8. The van der Waals surface area contributed by atoms with Crippen molar-refractivity contribution < 1.29 is 36.7 Å². The number of anilines is 4. The maximum absolute atomic E-state index is 13.7. The van der Waals surface area contributed by atoms with Crippen LogP contribution in [0.4, 0.5) is 40.3 Å². The Labute approximate surface area is 832 Å². The Bertz CT molecular complexity index is 9110. The van der Waals surface area contributed by atoms with Crippen LogP contribution in [0.5, 0.6) is 0 Å². The van der Waals surface area contributed by atoms with Gasteiger partial charge < -0.3 is 41.2 Å². The molecule has 24 rings (SSSR count). The van der Waals surface area contributed by atoms with Gasteiger partial charge in [0, 0.05) is 185 Å². The molecule has 12 N–H and O–H groups in total. The summed E-state index contributed by atoms with van der Waals surface area (Å²) in [5.74, 6) is 2.07. The van der Waals surface area contributed by atoms with Crippen LogP contribution in [0.1, 0.15) is 68.2 Å². The fourth-order valence-electron chi connectivity index (χ4n) is 15.8. The predicted molar refractivity (Wildman–Crippen MR) is 552 cm³/mol. The number of carbonyl (C=O) groups is 4. The summed E-state index contributed by atoms with van der Waals surface area (Å²) in [5, 5.41) is 42.9. The summed E-state index contributed by atoms with van der Waals surface area (Å²) in [6.07, 6.45) is 34.5. The van der Waals surface area contributed by atoms with Crippen molar-refractivity contribution in [3.05, 3.63) is 242 Å². The Morgan fingerprint density at radius 3 is 0.862 bits per heavy atom. The molecule has 0 aliphatic rings. The Kier molecular flexibility index (Phi) is 25.2. The van der Waals surface area contributed by atoms with Crippen LogP contribution in [-0.2, 0) is 19.2 Å². The number of carbonyl (C=O) groups excluding carboxylic acids is 4. The van der Waals surface area contributed by atoms with Gasteiger partial charge in [0.2, 0.25) is 23.6 Å². The van der Waals surface area contributed by atoms with E-state index >= 15 is 0 Å². The maximum atomic E-state index is 13.7. The maximum Gasteiger partial charge on any atom is 0.229 e. The third-order valence-corrected chi connectivity index (χ3v) is 26.6. The number of amides is 4.